The van der Waals surface area contributed by atoms with E-state index < -0.39 is 23.6 Å². The molecule has 0 saturated carbocycles. The van der Waals surface area contributed by atoms with Crippen LogP contribution in [0.15, 0.2) is 66.7 Å². The molecule has 0 spiro atoms. The van der Waals surface area contributed by atoms with Gasteiger partial charge in [0.2, 0.25) is 0 Å². The molecule has 2 N–H and O–H groups in total. The topological polar surface area (TPSA) is 71.1 Å². The van der Waals surface area contributed by atoms with Gasteiger partial charge in [-0.1, -0.05) is 55.5 Å². The summed E-state index contributed by atoms with van der Waals surface area (Å²) in [6.45, 7) is 3.71. The lowest BCUT2D eigenvalue weighted by Crippen LogP contribution is -2.34. The predicted octanol–water partition coefficient (Wildman–Crippen LogP) is 4.75. The van der Waals surface area contributed by atoms with Gasteiger partial charge in [-0.15, -0.1) is 0 Å². The zero-order valence-electron chi connectivity index (χ0n) is 20.4. The standard InChI is InChI=1S/C29H26F3N3O2/c1-18-7-6-10-22-16-23(19(2)34-25(22)13-11-18)28(37)33-17-20-12-14-26(24(15-20)29(30,31)32)35-27(36)21-8-4-3-5-9-21/h3-10,12-16,18H,11,17H2,1-2H3,(H,33,37)(H,35,36). The lowest BCUT2D eigenvalue weighted by molar-refractivity contribution is -0.137. The maximum atomic E-state index is 13.8. The summed E-state index contributed by atoms with van der Waals surface area (Å²) in [5, 5.41) is 6.62. The molecule has 1 aromatic heterocycles. The highest BCUT2D eigenvalue weighted by Crippen LogP contribution is 2.35. The van der Waals surface area contributed by atoms with Crippen molar-refractivity contribution in [3.63, 3.8) is 0 Å². The van der Waals surface area contributed by atoms with Crippen LogP contribution in [-0.4, -0.2) is 16.8 Å². The molecular formula is C29H26F3N3O2. The van der Waals surface area contributed by atoms with E-state index >= 15 is 0 Å². The van der Waals surface area contributed by atoms with E-state index in [2.05, 4.69) is 28.6 Å². The molecule has 4 rings (SSSR count). The van der Waals surface area contributed by atoms with E-state index in [0.717, 1.165) is 23.1 Å². The fourth-order valence-corrected chi connectivity index (χ4v) is 4.00. The van der Waals surface area contributed by atoms with Crippen molar-refractivity contribution in [2.45, 2.75) is 33.0 Å². The van der Waals surface area contributed by atoms with Gasteiger partial charge in [0.25, 0.3) is 11.8 Å². The molecule has 1 aliphatic carbocycles. The second kappa shape index (κ2) is 10.8. The normalized spacial score (nSPS) is 14.9. The van der Waals surface area contributed by atoms with Gasteiger partial charge in [0.15, 0.2) is 0 Å². The van der Waals surface area contributed by atoms with Crippen molar-refractivity contribution in [2.24, 2.45) is 5.92 Å². The van der Waals surface area contributed by atoms with E-state index in [0.29, 0.717) is 17.2 Å². The molecule has 37 heavy (non-hydrogen) atoms. The Morgan fingerprint density at radius 3 is 2.54 bits per heavy atom. The van der Waals surface area contributed by atoms with Crippen molar-refractivity contribution >= 4 is 29.7 Å². The van der Waals surface area contributed by atoms with Crippen molar-refractivity contribution in [1.82, 2.24) is 10.3 Å². The molecule has 190 valence electrons. The van der Waals surface area contributed by atoms with Gasteiger partial charge in [0.1, 0.15) is 0 Å². The van der Waals surface area contributed by atoms with E-state index in [1.54, 1.807) is 31.2 Å². The summed E-state index contributed by atoms with van der Waals surface area (Å²) in [5.41, 5.74) is 0.0291. The summed E-state index contributed by atoms with van der Waals surface area (Å²) < 4.78 is 41.4. The lowest BCUT2D eigenvalue weighted by Gasteiger charge is -2.16. The van der Waals surface area contributed by atoms with Crippen molar-refractivity contribution < 1.29 is 22.8 Å². The number of pyridine rings is 1. The Kier molecular flexibility index (Phi) is 7.57. The molecule has 8 heteroatoms. The quantitative estimate of drug-likeness (QED) is 0.526. The highest BCUT2D eigenvalue weighted by Gasteiger charge is 2.34. The lowest BCUT2D eigenvalue weighted by atomic mass is 10.0. The predicted molar refractivity (Wildman–Crippen MR) is 137 cm³/mol. The number of amides is 2. The highest BCUT2D eigenvalue weighted by molar-refractivity contribution is 6.04. The van der Waals surface area contributed by atoms with Gasteiger partial charge in [0, 0.05) is 17.3 Å². The van der Waals surface area contributed by atoms with Gasteiger partial charge in [-0.05, 0) is 55.2 Å². The number of benzene rings is 2. The Morgan fingerprint density at radius 2 is 1.81 bits per heavy atom. The molecule has 1 atom stereocenters. The second-order valence-electron chi connectivity index (χ2n) is 8.95. The van der Waals surface area contributed by atoms with Crippen LogP contribution in [0, 0.1) is 12.8 Å². The van der Waals surface area contributed by atoms with Crippen LogP contribution in [0.4, 0.5) is 18.9 Å². The second-order valence-corrected chi connectivity index (χ2v) is 8.95. The van der Waals surface area contributed by atoms with Crippen molar-refractivity contribution in [3.05, 3.63) is 105 Å². The SMILES string of the molecule is Cc1nc2c(cc1C(=O)NCc1ccc(NC(=O)c3ccccc3)c(C(F)(F)F)c1)=CC=CC(C)CC=2. The van der Waals surface area contributed by atoms with Gasteiger partial charge < -0.3 is 10.6 Å². The first-order chi connectivity index (χ1) is 17.6. The van der Waals surface area contributed by atoms with Gasteiger partial charge in [0.05, 0.1) is 27.9 Å². The van der Waals surface area contributed by atoms with Crippen LogP contribution < -0.4 is 21.2 Å². The van der Waals surface area contributed by atoms with Crippen LogP contribution in [0.1, 0.15) is 50.9 Å². The molecule has 1 heterocycles. The number of carbonyl (C=O) groups excluding carboxylic acids is 2. The number of alkyl halides is 3. The molecule has 0 aliphatic heterocycles. The third-order valence-electron chi connectivity index (χ3n) is 6.04. The number of hydrogen-bond acceptors (Lipinski definition) is 3. The number of anilines is 1. The number of aromatic nitrogens is 1. The highest BCUT2D eigenvalue weighted by atomic mass is 19.4. The molecule has 0 fully saturated rings. The number of carbonyl (C=O) groups is 2. The average Bonchev–Trinajstić information content (AvgIpc) is 2.86. The summed E-state index contributed by atoms with van der Waals surface area (Å²) in [6, 6.07) is 13.3. The maximum Gasteiger partial charge on any atom is 0.418 e. The first-order valence-electron chi connectivity index (χ1n) is 11.8. The van der Waals surface area contributed by atoms with Gasteiger partial charge in [-0.2, -0.15) is 13.2 Å². The molecular weight excluding hydrogens is 479 g/mol. The first kappa shape index (κ1) is 25.9. The molecule has 0 radical (unpaired) electrons. The maximum absolute atomic E-state index is 13.8. The fourth-order valence-electron chi connectivity index (χ4n) is 4.00. The summed E-state index contributed by atoms with van der Waals surface area (Å²) in [7, 11) is 0. The Morgan fingerprint density at radius 1 is 1.05 bits per heavy atom. The largest absolute Gasteiger partial charge is 0.418 e. The summed E-state index contributed by atoms with van der Waals surface area (Å²) in [5.74, 6) is -0.697. The summed E-state index contributed by atoms with van der Waals surface area (Å²) >= 11 is 0. The van der Waals surface area contributed by atoms with Crippen molar-refractivity contribution in [3.8, 4) is 0 Å². The van der Waals surface area contributed by atoms with Crippen LogP contribution in [0.5, 0.6) is 0 Å². The Bertz CT molecular complexity index is 1480. The Labute approximate surface area is 212 Å². The Hall–Kier alpha value is -4.20. The molecule has 0 saturated heterocycles. The number of allylic oxidation sites excluding steroid dienone is 2. The first-order valence-corrected chi connectivity index (χ1v) is 11.8. The molecule has 2 amide bonds. The number of aryl methyl sites for hydroxylation is 1. The van der Waals surface area contributed by atoms with E-state index in [-0.39, 0.29) is 23.4 Å². The zero-order valence-corrected chi connectivity index (χ0v) is 20.4. The number of fused-ring (bicyclic) bond motifs is 1. The van der Waals surface area contributed by atoms with Gasteiger partial charge in [-0.25, -0.2) is 0 Å². The molecule has 0 bridgehead atoms. The van der Waals surface area contributed by atoms with Crippen molar-refractivity contribution in [2.75, 3.05) is 5.32 Å². The third-order valence-corrected chi connectivity index (χ3v) is 6.04. The molecule has 1 unspecified atom stereocenters. The summed E-state index contributed by atoms with van der Waals surface area (Å²) in [6.07, 6.45) is 4.06. The number of nitrogens with zero attached hydrogens (tertiary/aromatic N) is 1. The van der Waals surface area contributed by atoms with Crippen LogP contribution in [0.2, 0.25) is 0 Å². The summed E-state index contributed by atoms with van der Waals surface area (Å²) in [4.78, 5) is 29.9. The number of halogens is 3. The number of rotatable bonds is 5. The third kappa shape index (κ3) is 6.33. The van der Waals surface area contributed by atoms with E-state index in [9.17, 15) is 22.8 Å². The van der Waals surface area contributed by atoms with Crippen LogP contribution in [0.25, 0.3) is 12.2 Å². The van der Waals surface area contributed by atoms with E-state index in [1.165, 1.54) is 24.3 Å². The minimum atomic E-state index is -4.70. The molecule has 3 aromatic rings. The monoisotopic (exact) mass is 505 g/mol. The average molecular weight is 506 g/mol. The molecule has 2 aromatic carbocycles. The van der Waals surface area contributed by atoms with Gasteiger partial charge >= 0.3 is 6.18 Å². The van der Waals surface area contributed by atoms with Gasteiger partial charge in [-0.3, -0.25) is 14.6 Å². The van der Waals surface area contributed by atoms with E-state index in [4.69, 9.17) is 0 Å². The van der Waals surface area contributed by atoms with E-state index in [1.807, 2.05) is 18.2 Å². The number of hydrogen-bond donors (Lipinski definition) is 2. The fraction of sp³-hybridized carbons (Fsp3) is 0.207. The van der Waals surface area contributed by atoms with Crippen LogP contribution in [-0.2, 0) is 12.7 Å². The zero-order chi connectivity index (χ0) is 26.6. The number of nitrogens with one attached hydrogen (secondary N) is 2. The molecule has 5 nitrogen and oxygen atoms in total. The smallest absolute Gasteiger partial charge is 0.348 e. The minimum absolute atomic E-state index is 0.126. The van der Waals surface area contributed by atoms with Crippen LogP contribution >= 0.6 is 0 Å². The molecule has 1 aliphatic rings. The Balaban J connectivity index is 1.54. The minimum Gasteiger partial charge on any atom is -0.348 e. The van der Waals surface area contributed by atoms with Crippen LogP contribution in [0.3, 0.4) is 0 Å². The van der Waals surface area contributed by atoms with Crippen molar-refractivity contribution in [1.29, 1.82) is 0 Å².